The van der Waals surface area contributed by atoms with Gasteiger partial charge in [-0.1, -0.05) is 6.07 Å². The number of ether oxygens (including phenoxy) is 2. The van der Waals surface area contributed by atoms with Crippen LogP contribution in [0.2, 0.25) is 0 Å². The predicted molar refractivity (Wildman–Crippen MR) is 70.0 cm³/mol. The zero-order chi connectivity index (χ0) is 12.8. The van der Waals surface area contributed by atoms with Crippen LogP contribution < -0.4 is 15.2 Å². The van der Waals surface area contributed by atoms with Crippen LogP contribution in [-0.4, -0.2) is 37.7 Å². The van der Waals surface area contributed by atoms with Crippen molar-refractivity contribution in [2.45, 2.75) is 24.5 Å². The highest BCUT2D eigenvalue weighted by Gasteiger charge is 2.44. The smallest absolute Gasteiger partial charge is 0.128 e. The lowest BCUT2D eigenvalue weighted by atomic mass is 9.87. The van der Waals surface area contributed by atoms with Gasteiger partial charge < -0.3 is 20.1 Å². The average molecular weight is 248 g/mol. The lowest BCUT2D eigenvalue weighted by Gasteiger charge is -2.38. The van der Waals surface area contributed by atoms with Crippen molar-refractivity contribution in [1.82, 2.24) is 4.90 Å². The van der Waals surface area contributed by atoms with E-state index in [1.807, 2.05) is 18.2 Å². The molecule has 4 heteroatoms. The molecule has 18 heavy (non-hydrogen) atoms. The fourth-order valence-electron chi connectivity index (χ4n) is 3.12. The zero-order valence-electron chi connectivity index (χ0n) is 11.0. The molecule has 2 heterocycles. The molecule has 0 bridgehead atoms. The van der Waals surface area contributed by atoms with Gasteiger partial charge in [0.05, 0.1) is 7.11 Å². The second-order valence-corrected chi connectivity index (χ2v) is 5.49. The number of likely N-dealkylation sites (N-methyl/N-ethyl adjacent to an activating group) is 1. The summed E-state index contributed by atoms with van der Waals surface area (Å²) in [6.07, 6.45) is 1.95. The molecule has 2 aliphatic rings. The molecule has 2 aliphatic heterocycles. The Balaban J connectivity index is 1.95. The highest BCUT2D eigenvalue weighted by molar-refractivity contribution is 5.44. The molecule has 0 amide bonds. The first-order valence-electron chi connectivity index (χ1n) is 6.43. The summed E-state index contributed by atoms with van der Waals surface area (Å²) in [5.41, 5.74) is 7.29. The van der Waals surface area contributed by atoms with E-state index in [4.69, 9.17) is 15.2 Å². The summed E-state index contributed by atoms with van der Waals surface area (Å²) in [5.74, 6) is 1.72. The van der Waals surface area contributed by atoms with Crippen LogP contribution in [0.25, 0.3) is 0 Å². The molecule has 2 atom stereocenters. The number of hydrogen-bond donors (Lipinski definition) is 1. The van der Waals surface area contributed by atoms with Gasteiger partial charge in [-0.05, 0) is 13.1 Å². The summed E-state index contributed by atoms with van der Waals surface area (Å²) >= 11 is 0. The highest BCUT2D eigenvalue weighted by atomic mass is 16.5. The van der Waals surface area contributed by atoms with Crippen LogP contribution in [0.4, 0.5) is 0 Å². The van der Waals surface area contributed by atoms with Crippen molar-refractivity contribution in [2.24, 2.45) is 5.73 Å². The van der Waals surface area contributed by atoms with Gasteiger partial charge in [0, 0.05) is 43.6 Å². The Labute approximate surface area is 108 Å². The summed E-state index contributed by atoms with van der Waals surface area (Å²) in [6, 6.07) is 5.98. The Morgan fingerprint density at radius 1 is 1.50 bits per heavy atom. The number of likely N-dealkylation sites (tertiary alicyclic amines) is 1. The molecule has 3 rings (SSSR count). The van der Waals surface area contributed by atoms with Gasteiger partial charge in [0.25, 0.3) is 0 Å². The van der Waals surface area contributed by atoms with E-state index < -0.39 is 0 Å². The number of rotatable bonds is 1. The topological polar surface area (TPSA) is 47.7 Å². The van der Waals surface area contributed by atoms with Crippen molar-refractivity contribution < 1.29 is 9.47 Å². The molecule has 2 N–H and O–H groups in total. The quantitative estimate of drug-likeness (QED) is 0.819. The largest absolute Gasteiger partial charge is 0.497 e. The van der Waals surface area contributed by atoms with Crippen LogP contribution in [0.1, 0.15) is 24.4 Å². The van der Waals surface area contributed by atoms with E-state index >= 15 is 0 Å². The molecule has 2 unspecified atom stereocenters. The molecule has 0 aromatic heterocycles. The maximum atomic E-state index is 6.30. The molecule has 1 aromatic carbocycles. The Kier molecular flexibility index (Phi) is 2.72. The Bertz CT molecular complexity index is 463. The average Bonchev–Trinajstić information content (AvgIpc) is 2.69. The predicted octanol–water partition coefficient (Wildman–Crippen LogP) is 1.55. The van der Waals surface area contributed by atoms with Crippen molar-refractivity contribution in [1.29, 1.82) is 0 Å². The minimum Gasteiger partial charge on any atom is -0.497 e. The number of nitrogens with two attached hydrogens (primary N) is 1. The van der Waals surface area contributed by atoms with Crippen molar-refractivity contribution in [3.05, 3.63) is 23.8 Å². The van der Waals surface area contributed by atoms with Gasteiger partial charge in [-0.3, -0.25) is 0 Å². The number of nitrogens with zero attached hydrogens (tertiary/aromatic N) is 1. The third-order valence-corrected chi connectivity index (χ3v) is 4.05. The Morgan fingerprint density at radius 2 is 2.33 bits per heavy atom. The van der Waals surface area contributed by atoms with Gasteiger partial charge >= 0.3 is 0 Å². The Hall–Kier alpha value is -1.26. The summed E-state index contributed by atoms with van der Waals surface area (Å²) in [4.78, 5) is 2.30. The lowest BCUT2D eigenvalue weighted by molar-refractivity contribution is 0.0464. The molecule has 4 nitrogen and oxygen atoms in total. The van der Waals surface area contributed by atoms with Gasteiger partial charge in [-0.2, -0.15) is 0 Å². The minimum absolute atomic E-state index is 0.0613. The second kappa shape index (κ2) is 4.14. The first kappa shape index (κ1) is 11.8. The third kappa shape index (κ3) is 1.85. The molecule has 0 radical (unpaired) electrons. The molecule has 0 saturated carbocycles. The molecular formula is C14H20N2O2. The molecule has 98 valence electrons. The van der Waals surface area contributed by atoms with Crippen LogP contribution in [0, 0.1) is 0 Å². The fourth-order valence-corrected chi connectivity index (χ4v) is 3.12. The van der Waals surface area contributed by atoms with Gasteiger partial charge in [0.2, 0.25) is 0 Å². The SMILES string of the molecule is COc1ccc2c(c1)OC1(CCN(C)C1)CC2N. The maximum absolute atomic E-state index is 6.30. The van der Waals surface area contributed by atoms with Gasteiger partial charge in [-0.15, -0.1) is 0 Å². The van der Waals surface area contributed by atoms with Crippen molar-refractivity contribution in [3.8, 4) is 11.5 Å². The summed E-state index contributed by atoms with van der Waals surface area (Å²) in [7, 11) is 3.80. The van der Waals surface area contributed by atoms with Crippen LogP contribution in [0.5, 0.6) is 11.5 Å². The van der Waals surface area contributed by atoms with E-state index in [9.17, 15) is 0 Å². The van der Waals surface area contributed by atoms with Crippen LogP contribution >= 0.6 is 0 Å². The van der Waals surface area contributed by atoms with E-state index in [2.05, 4.69) is 11.9 Å². The minimum atomic E-state index is -0.104. The van der Waals surface area contributed by atoms with E-state index in [1.54, 1.807) is 7.11 Å². The van der Waals surface area contributed by atoms with Crippen LogP contribution in [-0.2, 0) is 0 Å². The van der Waals surface area contributed by atoms with E-state index in [0.717, 1.165) is 43.0 Å². The fraction of sp³-hybridized carbons (Fsp3) is 0.571. The maximum Gasteiger partial charge on any atom is 0.128 e. The molecule has 0 aliphatic carbocycles. The Morgan fingerprint density at radius 3 is 3.00 bits per heavy atom. The molecule has 1 aromatic rings. The van der Waals surface area contributed by atoms with Gasteiger partial charge in [0.15, 0.2) is 0 Å². The first-order valence-corrected chi connectivity index (χ1v) is 6.43. The molecule has 1 fully saturated rings. The standard InChI is InChI=1S/C14H20N2O2/c1-16-6-5-14(9-16)8-12(15)11-4-3-10(17-2)7-13(11)18-14/h3-4,7,12H,5-6,8-9,15H2,1-2H3. The highest BCUT2D eigenvalue weighted by Crippen LogP contribution is 2.43. The number of benzene rings is 1. The molecular weight excluding hydrogens is 228 g/mol. The first-order chi connectivity index (χ1) is 8.62. The number of fused-ring (bicyclic) bond motifs is 1. The van der Waals surface area contributed by atoms with Crippen molar-refractivity contribution in [2.75, 3.05) is 27.2 Å². The third-order valence-electron chi connectivity index (χ3n) is 4.05. The molecule has 1 saturated heterocycles. The van der Waals surface area contributed by atoms with E-state index in [1.165, 1.54) is 0 Å². The van der Waals surface area contributed by atoms with Crippen LogP contribution in [0.3, 0.4) is 0 Å². The monoisotopic (exact) mass is 248 g/mol. The normalized spacial score (nSPS) is 31.2. The van der Waals surface area contributed by atoms with E-state index in [-0.39, 0.29) is 11.6 Å². The van der Waals surface area contributed by atoms with E-state index in [0.29, 0.717) is 0 Å². The number of hydrogen-bond acceptors (Lipinski definition) is 4. The van der Waals surface area contributed by atoms with Crippen molar-refractivity contribution >= 4 is 0 Å². The summed E-state index contributed by atoms with van der Waals surface area (Å²) in [6.45, 7) is 2.03. The second-order valence-electron chi connectivity index (χ2n) is 5.49. The summed E-state index contributed by atoms with van der Waals surface area (Å²) < 4.78 is 11.5. The van der Waals surface area contributed by atoms with Gasteiger partial charge in [0.1, 0.15) is 17.1 Å². The van der Waals surface area contributed by atoms with Crippen LogP contribution in [0.15, 0.2) is 18.2 Å². The number of methoxy groups -OCH3 is 1. The summed E-state index contributed by atoms with van der Waals surface area (Å²) in [5, 5.41) is 0. The van der Waals surface area contributed by atoms with Crippen molar-refractivity contribution in [3.63, 3.8) is 0 Å². The molecule has 1 spiro atoms. The lowest BCUT2D eigenvalue weighted by Crippen LogP contribution is -2.44. The zero-order valence-corrected chi connectivity index (χ0v) is 11.0. The van der Waals surface area contributed by atoms with Gasteiger partial charge in [-0.25, -0.2) is 0 Å².